The van der Waals surface area contributed by atoms with Crippen LogP contribution in [0, 0.1) is 0 Å². The Morgan fingerprint density at radius 3 is 0.789 bits per heavy atom. The second kappa shape index (κ2) is 5.29. The third-order valence-electron chi connectivity index (χ3n) is 1.91. The molecule has 0 saturated carbocycles. The molecule has 0 heterocycles. The number of benzene rings is 1. The Labute approximate surface area is 114 Å². The van der Waals surface area contributed by atoms with Crippen LogP contribution in [0.25, 0.3) is 0 Å². The van der Waals surface area contributed by atoms with Crippen LogP contribution < -0.4 is 18.9 Å². The number of alkyl halides is 9. The quantitative estimate of drug-likeness (QED) is 0.505. The molecule has 1 rings (SSSR count). The minimum Gasteiger partial charge on any atom is -1.00 e. The molecule has 0 aliphatic carbocycles. The van der Waals surface area contributed by atoms with E-state index in [1.807, 2.05) is 0 Å². The van der Waals surface area contributed by atoms with Gasteiger partial charge in [0.05, 0.1) is 16.7 Å². The van der Waals surface area contributed by atoms with Crippen molar-refractivity contribution in [1.29, 1.82) is 0 Å². The third kappa shape index (κ3) is 4.65. The van der Waals surface area contributed by atoms with Crippen molar-refractivity contribution in [3.63, 3.8) is 0 Å². The molecular weight excluding hydrogens is 286 g/mol. The molecule has 1 aromatic carbocycles. The van der Waals surface area contributed by atoms with E-state index < -0.39 is 35.2 Å². The smallest absolute Gasteiger partial charge is 1.00 e. The van der Waals surface area contributed by atoms with Crippen LogP contribution in [-0.2, 0) is 18.5 Å². The molecule has 104 valence electrons. The molecule has 1 aromatic rings. The van der Waals surface area contributed by atoms with Crippen molar-refractivity contribution in [3.05, 3.63) is 34.9 Å². The second-order valence-electron chi connectivity index (χ2n) is 3.29. The predicted octanol–water partition coefficient (Wildman–Crippen LogP) is 1.86. The Morgan fingerprint density at radius 1 is 0.526 bits per heavy atom. The molecule has 0 saturated heterocycles. The monoisotopic (exact) mass is 290 g/mol. The summed E-state index contributed by atoms with van der Waals surface area (Å²) in [5.41, 5.74) is -5.99. The van der Waals surface area contributed by atoms with Gasteiger partial charge in [-0.2, -0.15) is 39.5 Å². The summed E-state index contributed by atoms with van der Waals surface area (Å²) in [6, 6.07) is -1.10. The zero-order valence-corrected chi connectivity index (χ0v) is 9.13. The molecule has 0 nitrogen and oxygen atoms in total. The summed E-state index contributed by atoms with van der Waals surface area (Å²) in [6.07, 6.45) is -15.9. The molecule has 0 unspecified atom stereocenters. The van der Waals surface area contributed by atoms with Crippen LogP contribution in [-0.4, -0.2) is 0 Å². The van der Waals surface area contributed by atoms with E-state index in [9.17, 15) is 39.5 Å². The molecule has 0 atom stereocenters. The van der Waals surface area contributed by atoms with Crippen molar-refractivity contribution in [2.75, 3.05) is 0 Å². The predicted molar refractivity (Wildman–Crippen MR) is 42.6 cm³/mol. The van der Waals surface area contributed by atoms with Gasteiger partial charge in [-0.25, -0.2) is 0 Å². The normalized spacial score (nSPS) is 13.1. The Hall–Kier alpha value is -0.813. The van der Waals surface area contributed by atoms with E-state index in [-0.39, 0.29) is 38.5 Å². The van der Waals surface area contributed by atoms with E-state index in [1.54, 1.807) is 0 Å². The zero-order chi connectivity index (χ0) is 14.4. The van der Waals surface area contributed by atoms with Gasteiger partial charge in [-0.3, -0.25) is 0 Å². The van der Waals surface area contributed by atoms with Gasteiger partial charge in [0, 0.05) is 0 Å². The van der Waals surface area contributed by atoms with Gasteiger partial charge in [0.25, 0.3) is 0 Å². The summed E-state index contributed by atoms with van der Waals surface area (Å²) in [7, 11) is 0. The fraction of sp³-hybridized carbons (Fsp3) is 0.333. The average Bonchev–Trinajstić information content (AvgIpc) is 2.13. The number of hydrogen-bond acceptors (Lipinski definition) is 0. The van der Waals surface area contributed by atoms with E-state index in [1.165, 1.54) is 0 Å². The van der Waals surface area contributed by atoms with Gasteiger partial charge in [-0.1, -0.05) is 0 Å². The summed E-state index contributed by atoms with van der Waals surface area (Å²) in [5.74, 6) is 0. The molecule has 0 bridgehead atoms. The van der Waals surface area contributed by atoms with Crippen molar-refractivity contribution >= 4 is 0 Å². The summed E-state index contributed by atoms with van der Waals surface area (Å²) >= 11 is 0. The molecule has 0 N–H and O–H groups in total. The number of halogens is 9. The number of hydrogen-bond donors (Lipinski definition) is 0. The van der Waals surface area contributed by atoms with Gasteiger partial charge in [0.1, 0.15) is 0 Å². The van der Waals surface area contributed by atoms with Crippen LogP contribution in [0.4, 0.5) is 39.5 Å². The van der Waals surface area contributed by atoms with Crippen LogP contribution in [0.1, 0.15) is 18.1 Å². The minimum absolute atomic E-state index is 0. The first-order valence-electron chi connectivity index (χ1n) is 4.18. The number of rotatable bonds is 0. The molecule has 0 spiro atoms. The third-order valence-corrected chi connectivity index (χ3v) is 1.91. The van der Waals surface area contributed by atoms with E-state index in [0.29, 0.717) is 0 Å². The van der Waals surface area contributed by atoms with E-state index in [2.05, 4.69) is 0 Å². The summed E-state index contributed by atoms with van der Waals surface area (Å²) < 4.78 is 110. The second-order valence-corrected chi connectivity index (χ2v) is 3.29. The van der Waals surface area contributed by atoms with Crippen LogP contribution >= 0.6 is 0 Å². The standard InChI is InChI=1S/C9H3F9.Li.H/c10-7(11,12)4-1-5(8(13,14)15)3-6(2-4)9(16,17)18;;/h1-3H;;/q;+1;-1. The molecule has 0 aliphatic rings. The van der Waals surface area contributed by atoms with Gasteiger partial charge in [0.15, 0.2) is 0 Å². The van der Waals surface area contributed by atoms with Crippen molar-refractivity contribution in [2.45, 2.75) is 18.5 Å². The van der Waals surface area contributed by atoms with Gasteiger partial charge in [0.2, 0.25) is 0 Å². The molecule has 0 aliphatic heterocycles. The van der Waals surface area contributed by atoms with Gasteiger partial charge < -0.3 is 1.43 Å². The van der Waals surface area contributed by atoms with Crippen molar-refractivity contribution in [1.82, 2.24) is 0 Å². The first-order chi connectivity index (χ1) is 7.82. The summed E-state index contributed by atoms with van der Waals surface area (Å²) in [6.45, 7) is 0. The molecular formula is C9H4F9Li. The Morgan fingerprint density at radius 2 is 0.684 bits per heavy atom. The first kappa shape index (κ1) is 18.2. The maximum Gasteiger partial charge on any atom is 1.00 e. The van der Waals surface area contributed by atoms with Gasteiger partial charge in [-0.05, 0) is 18.2 Å². The van der Waals surface area contributed by atoms with Crippen LogP contribution in [0.5, 0.6) is 0 Å². The minimum atomic E-state index is -5.29. The Kier molecular flexibility index (Phi) is 5.06. The van der Waals surface area contributed by atoms with Crippen molar-refractivity contribution in [3.8, 4) is 0 Å². The molecule has 0 aromatic heterocycles. The maximum atomic E-state index is 12.2. The van der Waals surface area contributed by atoms with Crippen LogP contribution in [0.15, 0.2) is 18.2 Å². The molecule has 19 heavy (non-hydrogen) atoms. The topological polar surface area (TPSA) is 0 Å². The fourth-order valence-corrected chi connectivity index (χ4v) is 1.12. The SMILES string of the molecule is FC(F)(F)c1cc(C(F)(F)F)cc(C(F)(F)F)c1.[H-].[Li+]. The molecule has 10 heteroatoms. The fourth-order valence-electron chi connectivity index (χ4n) is 1.12. The summed E-state index contributed by atoms with van der Waals surface area (Å²) in [4.78, 5) is 0. The average molecular weight is 290 g/mol. The van der Waals surface area contributed by atoms with E-state index in [0.717, 1.165) is 0 Å². The summed E-state index contributed by atoms with van der Waals surface area (Å²) in [5, 5.41) is 0. The van der Waals surface area contributed by atoms with Crippen molar-refractivity contribution < 1.29 is 59.8 Å². The van der Waals surface area contributed by atoms with Gasteiger partial charge in [-0.15, -0.1) is 0 Å². The van der Waals surface area contributed by atoms with Crippen LogP contribution in [0.3, 0.4) is 0 Å². The maximum absolute atomic E-state index is 12.2. The molecule has 0 radical (unpaired) electrons. The Balaban J connectivity index is 0. The first-order valence-corrected chi connectivity index (χ1v) is 4.18. The van der Waals surface area contributed by atoms with E-state index in [4.69, 9.17) is 0 Å². The molecule has 0 fully saturated rings. The van der Waals surface area contributed by atoms with Crippen LogP contribution in [0.2, 0.25) is 0 Å². The zero-order valence-electron chi connectivity index (χ0n) is 10.1. The largest absolute Gasteiger partial charge is 1.00 e. The van der Waals surface area contributed by atoms with E-state index >= 15 is 0 Å². The van der Waals surface area contributed by atoms with Gasteiger partial charge >= 0.3 is 37.4 Å². The molecule has 0 amide bonds. The Bertz CT molecular complexity index is 367. The van der Waals surface area contributed by atoms with Crippen molar-refractivity contribution in [2.24, 2.45) is 0 Å².